The molecule has 0 radical (unpaired) electrons. The van der Waals surface area contributed by atoms with E-state index >= 15 is 0 Å². The number of halogens is 1. The number of aromatic nitrogens is 4. The first-order chi connectivity index (χ1) is 9.70. The normalized spacial score (nSPS) is 20.4. The number of hydrogen-bond acceptors (Lipinski definition) is 5. The van der Waals surface area contributed by atoms with Gasteiger partial charge in [-0.2, -0.15) is 5.10 Å². The summed E-state index contributed by atoms with van der Waals surface area (Å²) in [6, 6.07) is 0.266. The molecule has 3 rings (SSSR count). The molecule has 1 fully saturated rings. The number of fused-ring (bicyclic) bond motifs is 1. The van der Waals surface area contributed by atoms with Crippen molar-refractivity contribution in [3.63, 3.8) is 0 Å². The van der Waals surface area contributed by atoms with E-state index in [2.05, 4.69) is 43.2 Å². The molecule has 1 aliphatic rings. The second-order valence-electron chi connectivity index (χ2n) is 5.05. The van der Waals surface area contributed by atoms with E-state index < -0.39 is 0 Å². The Morgan fingerprint density at radius 1 is 1.55 bits per heavy atom. The van der Waals surface area contributed by atoms with Crippen LogP contribution in [0.4, 0.5) is 5.82 Å². The van der Waals surface area contributed by atoms with Crippen LogP contribution < -0.4 is 5.32 Å². The van der Waals surface area contributed by atoms with Crippen molar-refractivity contribution in [3.8, 4) is 0 Å². The molecular formula is C13H18BrN5O. The smallest absolute Gasteiger partial charge is 0.164 e. The lowest BCUT2D eigenvalue weighted by molar-refractivity contribution is 0.0943. The van der Waals surface area contributed by atoms with E-state index in [0.717, 1.165) is 47.3 Å². The minimum Gasteiger partial charge on any atom is -0.376 e. The second kappa shape index (κ2) is 5.65. The number of nitrogens with one attached hydrogen (secondary N) is 1. The van der Waals surface area contributed by atoms with Crippen LogP contribution >= 0.6 is 15.9 Å². The zero-order valence-electron chi connectivity index (χ0n) is 11.6. The zero-order chi connectivity index (χ0) is 14.1. The van der Waals surface area contributed by atoms with E-state index in [9.17, 15) is 0 Å². The lowest BCUT2D eigenvalue weighted by atomic mass is 10.1. The van der Waals surface area contributed by atoms with Gasteiger partial charge in [0.25, 0.3) is 0 Å². The monoisotopic (exact) mass is 339 g/mol. The molecule has 1 saturated heterocycles. The Hall–Kier alpha value is -1.21. The van der Waals surface area contributed by atoms with E-state index in [1.807, 2.05) is 7.05 Å². The van der Waals surface area contributed by atoms with Crippen LogP contribution in [0.15, 0.2) is 10.9 Å². The van der Waals surface area contributed by atoms with E-state index in [1.165, 1.54) is 0 Å². The molecule has 2 aromatic rings. The summed E-state index contributed by atoms with van der Waals surface area (Å²) in [6.45, 7) is 3.02. The first kappa shape index (κ1) is 13.8. The third-order valence-electron chi connectivity index (χ3n) is 3.75. The van der Waals surface area contributed by atoms with E-state index in [1.54, 1.807) is 11.0 Å². The molecule has 0 saturated carbocycles. The SMILES string of the molecule is CCC(Nc1ncnc2c1c(Br)nn2C)C1CCCO1. The number of nitrogens with zero attached hydrogens (tertiary/aromatic N) is 4. The zero-order valence-corrected chi connectivity index (χ0v) is 13.2. The highest BCUT2D eigenvalue weighted by atomic mass is 79.9. The molecular weight excluding hydrogens is 322 g/mol. The largest absolute Gasteiger partial charge is 0.376 e. The maximum Gasteiger partial charge on any atom is 0.164 e. The van der Waals surface area contributed by atoms with Crippen molar-refractivity contribution < 1.29 is 4.74 Å². The summed E-state index contributed by atoms with van der Waals surface area (Å²) >= 11 is 3.48. The first-order valence-electron chi connectivity index (χ1n) is 6.92. The summed E-state index contributed by atoms with van der Waals surface area (Å²) in [5, 5.41) is 8.77. The molecule has 0 aliphatic carbocycles. The molecule has 3 heterocycles. The van der Waals surface area contributed by atoms with Crippen LogP contribution in [0.2, 0.25) is 0 Å². The Labute approximate surface area is 126 Å². The van der Waals surface area contributed by atoms with Crippen LogP contribution in [0.5, 0.6) is 0 Å². The number of rotatable bonds is 4. The summed E-state index contributed by atoms with van der Waals surface area (Å²) in [6.07, 6.45) is 5.07. The number of aryl methyl sites for hydroxylation is 1. The van der Waals surface area contributed by atoms with Crippen molar-refractivity contribution in [1.29, 1.82) is 0 Å². The highest BCUT2D eigenvalue weighted by molar-refractivity contribution is 9.10. The van der Waals surface area contributed by atoms with Gasteiger partial charge in [0.1, 0.15) is 16.7 Å². The Bertz CT molecular complexity index is 608. The van der Waals surface area contributed by atoms with Crippen molar-refractivity contribution >= 4 is 32.8 Å². The predicted molar refractivity (Wildman–Crippen MR) is 80.7 cm³/mol. The van der Waals surface area contributed by atoms with Gasteiger partial charge < -0.3 is 10.1 Å². The Morgan fingerprint density at radius 2 is 2.40 bits per heavy atom. The van der Waals surface area contributed by atoms with Crippen LogP contribution in [0.3, 0.4) is 0 Å². The molecule has 7 heteroatoms. The topological polar surface area (TPSA) is 64.9 Å². The van der Waals surface area contributed by atoms with E-state index in [-0.39, 0.29) is 12.1 Å². The molecule has 108 valence electrons. The van der Waals surface area contributed by atoms with Crippen molar-refractivity contribution in [2.45, 2.75) is 38.3 Å². The molecule has 0 spiro atoms. The molecule has 1 aliphatic heterocycles. The minimum atomic E-state index is 0.264. The molecule has 0 aromatic carbocycles. The number of ether oxygens (including phenoxy) is 1. The van der Waals surface area contributed by atoms with Crippen LogP contribution in [0.1, 0.15) is 26.2 Å². The quantitative estimate of drug-likeness (QED) is 0.926. The summed E-state index contributed by atoms with van der Waals surface area (Å²) < 4.78 is 8.30. The average molecular weight is 340 g/mol. The Kier molecular flexibility index (Phi) is 3.89. The number of hydrogen-bond donors (Lipinski definition) is 1. The van der Waals surface area contributed by atoms with Gasteiger partial charge in [-0.15, -0.1) is 0 Å². The van der Waals surface area contributed by atoms with Gasteiger partial charge in [0, 0.05) is 13.7 Å². The third kappa shape index (κ3) is 2.40. The van der Waals surface area contributed by atoms with Gasteiger partial charge in [0.2, 0.25) is 0 Å². The maximum absolute atomic E-state index is 5.79. The van der Waals surface area contributed by atoms with Gasteiger partial charge in [-0.3, -0.25) is 0 Å². The van der Waals surface area contributed by atoms with Gasteiger partial charge in [0.15, 0.2) is 5.65 Å². The van der Waals surface area contributed by atoms with E-state index in [0.29, 0.717) is 0 Å². The molecule has 2 atom stereocenters. The van der Waals surface area contributed by atoms with E-state index in [4.69, 9.17) is 4.74 Å². The van der Waals surface area contributed by atoms with Crippen LogP contribution in [0.25, 0.3) is 11.0 Å². The van der Waals surface area contributed by atoms with Gasteiger partial charge in [-0.25, -0.2) is 14.6 Å². The summed E-state index contributed by atoms with van der Waals surface area (Å²) in [7, 11) is 1.88. The molecule has 0 amide bonds. The molecule has 6 nitrogen and oxygen atoms in total. The fraction of sp³-hybridized carbons (Fsp3) is 0.615. The van der Waals surface area contributed by atoms with Crippen LogP contribution in [-0.2, 0) is 11.8 Å². The fourth-order valence-corrected chi connectivity index (χ4v) is 3.31. The van der Waals surface area contributed by atoms with Gasteiger partial charge in [-0.05, 0) is 35.2 Å². The van der Waals surface area contributed by atoms with Crippen LogP contribution in [0, 0.1) is 0 Å². The highest BCUT2D eigenvalue weighted by Gasteiger charge is 2.26. The van der Waals surface area contributed by atoms with Gasteiger partial charge in [-0.1, -0.05) is 6.92 Å². The highest BCUT2D eigenvalue weighted by Crippen LogP contribution is 2.29. The second-order valence-corrected chi connectivity index (χ2v) is 5.80. The minimum absolute atomic E-state index is 0.264. The summed E-state index contributed by atoms with van der Waals surface area (Å²) in [4.78, 5) is 8.66. The summed E-state index contributed by atoms with van der Waals surface area (Å²) in [5.74, 6) is 0.817. The Morgan fingerprint density at radius 3 is 3.10 bits per heavy atom. The van der Waals surface area contributed by atoms with Crippen molar-refractivity contribution in [3.05, 3.63) is 10.9 Å². The Balaban J connectivity index is 1.93. The van der Waals surface area contributed by atoms with Gasteiger partial charge >= 0.3 is 0 Å². The maximum atomic E-state index is 5.79. The first-order valence-corrected chi connectivity index (χ1v) is 7.71. The van der Waals surface area contributed by atoms with Crippen molar-refractivity contribution in [2.24, 2.45) is 7.05 Å². The van der Waals surface area contributed by atoms with Crippen molar-refractivity contribution in [2.75, 3.05) is 11.9 Å². The third-order valence-corrected chi connectivity index (χ3v) is 4.31. The lowest BCUT2D eigenvalue weighted by Gasteiger charge is -2.23. The lowest BCUT2D eigenvalue weighted by Crippen LogP contribution is -2.32. The summed E-state index contributed by atoms with van der Waals surface area (Å²) in [5.41, 5.74) is 0.816. The standard InChI is InChI=1S/C13H18BrN5O/c1-3-8(9-5-4-6-20-9)17-12-10-11(14)18-19(2)13(10)16-7-15-12/h7-9H,3-6H2,1-2H3,(H,15,16,17). The van der Waals surface area contributed by atoms with Crippen LogP contribution in [-0.4, -0.2) is 38.5 Å². The molecule has 1 N–H and O–H groups in total. The predicted octanol–water partition coefficient (Wildman–Crippen LogP) is 2.50. The van der Waals surface area contributed by atoms with Gasteiger partial charge in [0.05, 0.1) is 17.5 Å². The fourth-order valence-electron chi connectivity index (χ4n) is 2.70. The molecule has 20 heavy (non-hydrogen) atoms. The number of anilines is 1. The van der Waals surface area contributed by atoms with Crippen molar-refractivity contribution in [1.82, 2.24) is 19.7 Å². The average Bonchev–Trinajstić information content (AvgIpc) is 3.06. The molecule has 2 unspecified atom stereocenters. The molecule has 2 aromatic heterocycles. The molecule has 0 bridgehead atoms.